The van der Waals surface area contributed by atoms with Gasteiger partial charge in [0.25, 0.3) is 5.91 Å². The summed E-state index contributed by atoms with van der Waals surface area (Å²) in [7, 11) is 1.85. The molecule has 2 aromatic carbocycles. The Bertz CT molecular complexity index is 902. The number of nitrogens with one attached hydrogen (secondary N) is 1. The maximum Gasteiger partial charge on any atom is 0.251 e. The van der Waals surface area contributed by atoms with E-state index in [4.69, 9.17) is 0 Å². The number of anilines is 1. The third kappa shape index (κ3) is 3.55. The maximum atomic E-state index is 13.3. The molecule has 2 aliphatic heterocycles. The lowest BCUT2D eigenvalue weighted by Crippen LogP contribution is -2.47. The smallest absolute Gasteiger partial charge is 0.251 e. The van der Waals surface area contributed by atoms with Crippen LogP contribution in [-0.2, 0) is 16.8 Å². The molecule has 1 fully saturated rings. The van der Waals surface area contributed by atoms with Crippen molar-refractivity contribution in [1.82, 2.24) is 10.2 Å². The summed E-state index contributed by atoms with van der Waals surface area (Å²) in [5.74, 6) is 0.103. The van der Waals surface area contributed by atoms with Crippen molar-refractivity contribution in [2.24, 2.45) is 0 Å². The predicted molar refractivity (Wildman–Crippen MR) is 115 cm³/mol. The van der Waals surface area contributed by atoms with Gasteiger partial charge in [-0.3, -0.25) is 14.5 Å². The zero-order valence-electron chi connectivity index (χ0n) is 17.3. The third-order valence-corrected chi connectivity index (χ3v) is 6.34. The number of carbonyl (C=O) groups is 2. The molecule has 0 aromatic heterocycles. The van der Waals surface area contributed by atoms with Gasteiger partial charge in [0.2, 0.25) is 5.91 Å². The van der Waals surface area contributed by atoms with Crippen LogP contribution in [0.1, 0.15) is 47.7 Å². The molecule has 0 atom stereocenters. The number of hydrogen-bond donors (Lipinski definition) is 1. The van der Waals surface area contributed by atoms with E-state index in [1.807, 2.05) is 38.2 Å². The van der Waals surface area contributed by atoms with Crippen LogP contribution in [0.3, 0.4) is 0 Å². The number of amides is 2. The van der Waals surface area contributed by atoms with Crippen molar-refractivity contribution >= 4 is 17.5 Å². The molecule has 1 saturated heterocycles. The quantitative estimate of drug-likeness (QED) is 0.851. The second-order valence-electron chi connectivity index (χ2n) is 8.20. The van der Waals surface area contributed by atoms with Crippen LogP contribution in [0.25, 0.3) is 0 Å². The average Bonchev–Trinajstić information content (AvgIpc) is 2.96. The van der Waals surface area contributed by atoms with Crippen molar-refractivity contribution < 1.29 is 9.59 Å². The lowest BCUT2D eigenvalue weighted by atomic mass is 9.73. The molecule has 152 valence electrons. The highest BCUT2D eigenvalue weighted by Gasteiger charge is 2.51. The molecule has 0 radical (unpaired) electrons. The van der Waals surface area contributed by atoms with E-state index >= 15 is 0 Å². The van der Waals surface area contributed by atoms with Crippen LogP contribution >= 0.6 is 0 Å². The van der Waals surface area contributed by atoms with Crippen LogP contribution < -0.4 is 10.2 Å². The van der Waals surface area contributed by atoms with Crippen LogP contribution in [-0.4, -0.2) is 43.4 Å². The standard InChI is InChI=1S/C24H29N3O2/c1-3-13-25-22(28)19-9-10-21-20(16-19)24(23(29)26(21)2)11-14-27(15-12-24)17-18-7-5-4-6-8-18/h4-10,16H,3,11-15,17H2,1-2H3,(H,25,28). The monoisotopic (exact) mass is 391 g/mol. The van der Waals surface area contributed by atoms with Gasteiger partial charge in [-0.05, 0) is 61.7 Å². The molecule has 0 bridgehead atoms. The molecule has 5 heteroatoms. The van der Waals surface area contributed by atoms with Gasteiger partial charge in [0.15, 0.2) is 0 Å². The Morgan fingerprint density at radius 2 is 1.83 bits per heavy atom. The number of likely N-dealkylation sites (N-methyl/N-ethyl adjacent to an activating group) is 1. The van der Waals surface area contributed by atoms with Crippen molar-refractivity contribution in [3.63, 3.8) is 0 Å². The molecule has 1 spiro atoms. The molecule has 0 unspecified atom stereocenters. The number of hydrogen-bond acceptors (Lipinski definition) is 3. The Balaban J connectivity index is 1.56. The summed E-state index contributed by atoms with van der Waals surface area (Å²) < 4.78 is 0. The van der Waals surface area contributed by atoms with Gasteiger partial charge >= 0.3 is 0 Å². The van der Waals surface area contributed by atoms with Crippen molar-refractivity contribution in [1.29, 1.82) is 0 Å². The lowest BCUT2D eigenvalue weighted by molar-refractivity contribution is -0.124. The molecular formula is C24H29N3O2. The molecule has 4 rings (SSSR count). The van der Waals surface area contributed by atoms with Crippen LogP contribution in [0.15, 0.2) is 48.5 Å². The van der Waals surface area contributed by atoms with E-state index in [1.54, 1.807) is 4.90 Å². The van der Waals surface area contributed by atoms with Crippen molar-refractivity contribution in [3.05, 3.63) is 65.2 Å². The van der Waals surface area contributed by atoms with Gasteiger partial charge in [-0.25, -0.2) is 0 Å². The van der Waals surface area contributed by atoms with E-state index in [-0.39, 0.29) is 11.8 Å². The fourth-order valence-corrected chi connectivity index (χ4v) is 4.66. The van der Waals surface area contributed by atoms with Crippen molar-refractivity contribution in [3.8, 4) is 0 Å². The van der Waals surface area contributed by atoms with Gasteiger partial charge in [-0.2, -0.15) is 0 Å². The Morgan fingerprint density at radius 3 is 2.52 bits per heavy atom. The Kier molecular flexibility index (Phi) is 5.41. The summed E-state index contributed by atoms with van der Waals surface area (Å²) in [6.07, 6.45) is 2.48. The summed E-state index contributed by atoms with van der Waals surface area (Å²) in [6.45, 7) is 5.36. The molecule has 2 aromatic rings. The van der Waals surface area contributed by atoms with Crippen LogP contribution in [0.2, 0.25) is 0 Å². The first kappa shape index (κ1) is 19.6. The molecular weight excluding hydrogens is 362 g/mol. The molecule has 2 aliphatic rings. The van der Waals surface area contributed by atoms with Gasteiger partial charge in [-0.1, -0.05) is 37.3 Å². The molecule has 0 aliphatic carbocycles. The Morgan fingerprint density at radius 1 is 1.10 bits per heavy atom. The highest BCUT2D eigenvalue weighted by atomic mass is 16.2. The van der Waals surface area contributed by atoms with Crippen LogP contribution in [0.5, 0.6) is 0 Å². The summed E-state index contributed by atoms with van der Waals surface area (Å²) in [4.78, 5) is 29.9. The first-order chi connectivity index (χ1) is 14.0. The number of likely N-dealkylation sites (tertiary alicyclic amines) is 1. The van der Waals surface area contributed by atoms with Crippen molar-refractivity contribution in [2.75, 3.05) is 31.6 Å². The fraction of sp³-hybridized carbons (Fsp3) is 0.417. The van der Waals surface area contributed by atoms with Crippen LogP contribution in [0, 0.1) is 0 Å². The summed E-state index contributed by atoms with van der Waals surface area (Å²) in [5, 5.41) is 2.94. The molecule has 2 heterocycles. The first-order valence-corrected chi connectivity index (χ1v) is 10.5. The first-order valence-electron chi connectivity index (χ1n) is 10.5. The molecule has 29 heavy (non-hydrogen) atoms. The number of rotatable bonds is 5. The van der Waals surface area contributed by atoms with Gasteiger partial charge in [0.1, 0.15) is 0 Å². The van der Waals surface area contributed by atoms with Gasteiger partial charge in [0, 0.05) is 31.4 Å². The number of nitrogens with zero attached hydrogens (tertiary/aromatic N) is 2. The minimum atomic E-state index is -0.502. The van der Waals surface area contributed by atoms with Crippen LogP contribution in [0.4, 0.5) is 5.69 Å². The van der Waals surface area contributed by atoms with E-state index in [9.17, 15) is 9.59 Å². The largest absolute Gasteiger partial charge is 0.352 e. The van der Waals surface area contributed by atoms with Gasteiger partial charge in [0.05, 0.1) is 5.41 Å². The van der Waals surface area contributed by atoms with Gasteiger partial charge < -0.3 is 10.2 Å². The molecule has 1 N–H and O–H groups in total. The molecule has 5 nitrogen and oxygen atoms in total. The second-order valence-corrected chi connectivity index (χ2v) is 8.20. The fourth-order valence-electron chi connectivity index (χ4n) is 4.66. The van der Waals surface area contributed by atoms with E-state index < -0.39 is 5.41 Å². The maximum absolute atomic E-state index is 13.3. The summed E-state index contributed by atoms with van der Waals surface area (Å²) >= 11 is 0. The Labute approximate surface area is 172 Å². The van der Waals surface area contributed by atoms with E-state index in [0.717, 1.165) is 50.1 Å². The summed E-state index contributed by atoms with van der Waals surface area (Å²) in [6, 6.07) is 16.2. The minimum Gasteiger partial charge on any atom is -0.352 e. The summed E-state index contributed by atoms with van der Waals surface area (Å²) in [5.41, 5.74) is 3.41. The highest BCUT2D eigenvalue weighted by Crippen LogP contribution is 2.47. The number of benzene rings is 2. The highest BCUT2D eigenvalue weighted by molar-refractivity contribution is 6.09. The predicted octanol–water partition coefficient (Wildman–Crippen LogP) is 3.34. The van der Waals surface area contributed by atoms with Gasteiger partial charge in [-0.15, -0.1) is 0 Å². The Hall–Kier alpha value is -2.66. The van der Waals surface area contributed by atoms with Crippen molar-refractivity contribution in [2.45, 2.75) is 38.1 Å². The van der Waals surface area contributed by atoms with E-state index in [2.05, 4.69) is 34.5 Å². The topological polar surface area (TPSA) is 52.7 Å². The SMILES string of the molecule is CCCNC(=O)c1ccc2c(c1)C1(CCN(Cc3ccccc3)CC1)C(=O)N2C. The number of piperidine rings is 1. The zero-order valence-corrected chi connectivity index (χ0v) is 17.3. The van der Waals surface area contributed by atoms with E-state index in [1.165, 1.54) is 5.56 Å². The zero-order chi connectivity index (χ0) is 20.4. The molecule has 2 amide bonds. The third-order valence-electron chi connectivity index (χ3n) is 6.34. The normalized spacial score (nSPS) is 18.1. The lowest BCUT2D eigenvalue weighted by Gasteiger charge is -2.38. The second kappa shape index (κ2) is 7.99. The van der Waals surface area contributed by atoms with E-state index in [0.29, 0.717) is 12.1 Å². The average molecular weight is 392 g/mol. The molecule has 0 saturated carbocycles. The number of fused-ring (bicyclic) bond motifs is 2. The minimum absolute atomic E-state index is 0.0617. The number of carbonyl (C=O) groups excluding carboxylic acids is 2.